The van der Waals surface area contributed by atoms with E-state index in [-0.39, 0.29) is 18.6 Å². The van der Waals surface area contributed by atoms with Crippen molar-refractivity contribution in [3.8, 4) is 0 Å². The van der Waals surface area contributed by atoms with E-state index in [2.05, 4.69) is 0 Å². The fraction of sp³-hybridized carbons (Fsp3) is 1.00. The van der Waals surface area contributed by atoms with Crippen molar-refractivity contribution < 1.29 is 24.4 Å². The molecule has 0 aromatic carbocycles. The first kappa shape index (κ1) is 14.9. The standard InChI is InChI=1S/C11H21BO5/c1-7-5-8(16-4-3-15-2)11(12)17-9(6-13)10(7)14/h7-11,13-14H,3-6H2,1-2H3/t7?,8-,9?,10+,11?/m1/s1. The van der Waals surface area contributed by atoms with Crippen LogP contribution in [0.3, 0.4) is 0 Å². The Morgan fingerprint density at radius 2 is 2.12 bits per heavy atom. The molecule has 0 spiro atoms. The second-order valence-corrected chi connectivity index (χ2v) is 4.43. The lowest BCUT2D eigenvalue weighted by Crippen LogP contribution is -2.38. The number of ether oxygens (including phenoxy) is 3. The van der Waals surface area contributed by atoms with Crippen molar-refractivity contribution in [1.82, 2.24) is 0 Å². The van der Waals surface area contributed by atoms with Crippen LogP contribution >= 0.6 is 0 Å². The van der Waals surface area contributed by atoms with Crippen LogP contribution in [0.1, 0.15) is 13.3 Å². The summed E-state index contributed by atoms with van der Waals surface area (Å²) in [5.41, 5.74) is 0. The van der Waals surface area contributed by atoms with Gasteiger partial charge in [-0.2, -0.15) is 0 Å². The molecule has 5 nitrogen and oxygen atoms in total. The van der Waals surface area contributed by atoms with Crippen LogP contribution in [0.5, 0.6) is 0 Å². The van der Waals surface area contributed by atoms with Crippen molar-refractivity contribution in [2.45, 2.75) is 37.7 Å². The minimum atomic E-state index is -0.720. The highest BCUT2D eigenvalue weighted by molar-refractivity contribution is 6.11. The van der Waals surface area contributed by atoms with Gasteiger partial charge in [0, 0.05) is 13.1 Å². The summed E-state index contributed by atoms with van der Waals surface area (Å²) in [6.45, 7) is 2.57. The molecular formula is C11H21BO5. The quantitative estimate of drug-likeness (QED) is 0.494. The van der Waals surface area contributed by atoms with Crippen LogP contribution in [0, 0.1) is 5.92 Å². The van der Waals surface area contributed by atoms with Gasteiger partial charge in [0.1, 0.15) is 14.0 Å². The van der Waals surface area contributed by atoms with Crippen LogP contribution in [0.15, 0.2) is 0 Å². The van der Waals surface area contributed by atoms with E-state index in [1.165, 1.54) is 0 Å². The Balaban J connectivity index is 2.55. The molecule has 0 saturated carbocycles. The van der Waals surface area contributed by atoms with E-state index in [4.69, 9.17) is 27.2 Å². The molecule has 2 N–H and O–H groups in total. The lowest BCUT2D eigenvalue weighted by atomic mass is 9.88. The molecule has 1 fully saturated rings. The SMILES string of the molecule is [B]C1OC(CO)[C@@H](O)C(C)C[C@H]1OCCOC. The molecule has 0 amide bonds. The number of methoxy groups -OCH3 is 1. The zero-order valence-corrected chi connectivity index (χ0v) is 10.4. The maximum Gasteiger partial charge on any atom is 0.112 e. The van der Waals surface area contributed by atoms with Crippen LogP contribution in [0.4, 0.5) is 0 Å². The molecule has 6 heteroatoms. The van der Waals surface area contributed by atoms with Gasteiger partial charge in [0.15, 0.2) is 0 Å². The number of hydrogen-bond acceptors (Lipinski definition) is 5. The monoisotopic (exact) mass is 244 g/mol. The molecule has 1 heterocycles. The second kappa shape index (κ2) is 7.33. The van der Waals surface area contributed by atoms with Gasteiger partial charge in [0.25, 0.3) is 0 Å². The van der Waals surface area contributed by atoms with Crippen LogP contribution in [0.25, 0.3) is 0 Å². The number of hydrogen-bond donors (Lipinski definition) is 2. The van der Waals surface area contributed by atoms with E-state index >= 15 is 0 Å². The zero-order chi connectivity index (χ0) is 12.8. The summed E-state index contributed by atoms with van der Waals surface area (Å²) in [5.74, 6) is -0.0340. The fourth-order valence-corrected chi connectivity index (χ4v) is 1.97. The first-order valence-electron chi connectivity index (χ1n) is 5.90. The summed E-state index contributed by atoms with van der Waals surface area (Å²) >= 11 is 0. The van der Waals surface area contributed by atoms with E-state index in [0.717, 1.165) is 0 Å². The van der Waals surface area contributed by atoms with Gasteiger partial charge in [0.05, 0.1) is 32.0 Å². The van der Waals surface area contributed by atoms with Gasteiger partial charge in [-0.05, 0) is 12.3 Å². The van der Waals surface area contributed by atoms with Gasteiger partial charge < -0.3 is 24.4 Å². The van der Waals surface area contributed by atoms with E-state index in [0.29, 0.717) is 19.6 Å². The maximum absolute atomic E-state index is 9.90. The highest BCUT2D eigenvalue weighted by Gasteiger charge is 2.35. The minimum absolute atomic E-state index is 0.0340. The summed E-state index contributed by atoms with van der Waals surface area (Å²) in [7, 11) is 7.44. The zero-order valence-electron chi connectivity index (χ0n) is 10.4. The molecule has 1 saturated heterocycles. The first-order valence-corrected chi connectivity index (χ1v) is 5.90. The molecule has 1 rings (SSSR count). The van der Waals surface area contributed by atoms with E-state index < -0.39 is 18.2 Å². The van der Waals surface area contributed by atoms with Gasteiger partial charge in [0.2, 0.25) is 0 Å². The molecule has 0 bridgehead atoms. The molecule has 1 aliphatic rings. The molecular weight excluding hydrogens is 223 g/mol. The highest BCUT2D eigenvalue weighted by Crippen LogP contribution is 2.25. The van der Waals surface area contributed by atoms with Crippen LogP contribution < -0.4 is 0 Å². The Hall–Kier alpha value is -0.135. The van der Waals surface area contributed by atoms with Crippen LogP contribution in [-0.2, 0) is 14.2 Å². The third-order valence-electron chi connectivity index (χ3n) is 3.07. The average molecular weight is 244 g/mol. The first-order chi connectivity index (χ1) is 8.10. The van der Waals surface area contributed by atoms with E-state index in [1.54, 1.807) is 7.11 Å². The molecule has 3 unspecified atom stereocenters. The van der Waals surface area contributed by atoms with Crippen LogP contribution in [-0.4, -0.2) is 69.3 Å². The van der Waals surface area contributed by atoms with Gasteiger partial charge in [-0.3, -0.25) is 0 Å². The van der Waals surface area contributed by atoms with Crippen molar-refractivity contribution >= 4 is 7.85 Å². The number of aliphatic hydroxyl groups is 2. The normalized spacial score (nSPS) is 38.9. The summed E-state index contributed by atoms with van der Waals surface area (Å²) in [6.07, 6.45) is -1.05. The average Bonchev–Trinajstić information content (AvgIpc) is 2.42. The molecule has 5 atom stereocenters. The second-order valence-electron chi connectivity index (χ2n) is 4.43. The van der Waals surface area contributed by atoms with Crippen LogP contribution in [0.2, 0.25) is 0 Å². The summed E-state index contributed by atoms with van der Waals surface area (Å²) in [6, 6.07) is -0.636. The predicted molar refractivity (Wildman–Crippen MR) is 62.9 cm³/mol. The molecule has 98 valence electrons. The highest BCUT2D eigenvalue weighted by atomic mass is 16.6. The van der Waals surface area contributed by atoms with Gasteiger partial charge in [-0.15, -0.1) is 0 Å². The molecule has 0 aromatic heterocycles. The lowest BCUT2D eigenvalue weighted by molar-refractivity contribution is -0.0994. The van der Waals surface area contributed by atoms with Crippen molar-refractivity contribution in [2.75, 3.05) is 26.9 Å². The molecule has 0 aromatic rings. The van der Waals surface area contributed by atoms with Crippen molar-refractivity contribution in [3.05, 3.63) is 0 Å². The molecule has 17 heavy (non-hydrogen) atoms. The summed E-state index contributed by atoms with van der Waals surface area (Å²) < 4.78 is 15.9. The molecule has 2 radical (unpaired) electrons. The third kappa shape index (κ3) is 4.23. The Morgan fingerprint density at radius 1 is 1.41 bits per heavy atom. The van der Waals surface area contributed by atoms with Gasteiger partial charge in [-0.25, -0.2) is 0 Å². The topological polar surface area (TPSA) is 68.2 Å². The minimum Gasteiger partial charge on any atom is -0.394 e. The van der Waals surface area contributed by atoms with Gasteiger partial charge >= 0.3 is 0 Å². The Kier molecular flexibility index (Phi) is 6.44. The lowest BCUT2D eigenvalue weighted by Gasteiger charge is -2.24. The molecule has 1 aliphatic heterocycles. The van der Waals surface area contributed by atoms with E-state index in [1.807, 2.05) is 6.92 Å². The summed E-state index contributed by atoms with van der Waals surface area (Å²) in [4.78, 5) is 0. The Labute approximate surface area is 103 Å². The predicted octanol–water partition coefficient (Wildman–Crippen LogP) is -0.709. The number of rotatable bonds is 5. The van der Waals surface area contributed by atoms with Crippen molar-refractivity contribution in [1.29, 1.82) is 0 Å². The van der Waals surface area contributed by atoms with Gasteiger partial charge in [-0.1, -0.05) is 6.92 Å². The van der Waals surface area contributed by atoms with E-state index in [9.17, 15) is 5.11 Å². The smallest absolute Gasteiger partial charge is 0.112 e. The molecule has 0 aliphatic carbocycles. The van der Waals surface area contributed by atoms with Crippen molar-refractivity contribution in [3.63, 3.8) is 0 Å². The largest absolute Gasteiger partial charge is 0.394 e. The Morgan fingerprint density at radius 3 is 2.71 bits per heavy atom. The number of aliphatic hydroxyl groups excluding tert-OH is 2. The Bertz CT molecular complexity index is 216. The van der Waals surface area contributed by atoms with Crippen molar-refractivity contribution in [2.24, 2.45) is 5.92 Å². The fourth-order valence-electron chi connectivity index (χ4n) is 1.97. The third-order valence-corrected chi connectivity index (χ3v) is 3.07. The summed E-state index contributed by atoms with van der Waals surface area (Å²) in [5, 5.41) is 19.0. The maximum atomic E-state index is 9.90.